The van der Waals surface area contributed by atoms with Gasteiger partial charge in [0.25, 0.3) is 0 Å². The molecule has 0 heterocycles. The predicted octanol–water partition coefficient (Wildman–Crippen LogP) is -1.57. The van der Waals surface area contributed by atoms with Crippen LogP contribution >= 0.6 is 0 Å². The van der Waals surface area contributed by atoms with Crippen molar-refractivity contribution in [3.05, 3.63) is 0 Å². The monoisotopic (exact) mass is 226 g/mol. The molecule has 0 aliphatic carbocycles. The molecular formula is C4H16MoO4. The molecule has 0 amide bonds. The quantitative estimate of drug-likeness (QED) is 0.375. The van der Waals surface area contributed by atoms with Crippen molar-refractivity contribution in [1.82, 2.24) is 0 Å². The second-order valence-corrected chi connectivity index (χ2v) is 0. The summed E-state index contributed by atoms with van der Waals surface area (Å²) in [6.07, 6.45) is 0. The third-order valence-electron chi connectivity index (χ3n) is 0. The molecule has 0 rings (SSSR count). The van der Waals surface area contributed by atoms with Crippen molar-refractivity contribution in [3.63, 3.8) is 0 Å². The number of hydrogen-bond donors (Lipinski definition) is 4. The summed E-state index contributed by atoms with van der Waals surface area (Å²) in [5.74, 6) is 0. The zero-order valence-electron chi connectivity index (χ0n) is 6.20. The van der Waals surface area contributed by atoms with Crippen LogP contribution in [0.1, 0.15) is 0 Å². The molecule has 9 heavy (non-hydrogen) atoms. The number of rotatable bonds is 0. The molecule has 0 saturated carbocycles. The van der Waals surface area contributed by atoms with Gasteiger partial charge in [0.1, 0.15) is 0 Å². The van der Waals surface area contributed by atoms with Crippen molar-refractivity contribution in [2.45, 2.75) is 0 Å². The maximum absolute atomic E-state index is 7.00. The first-order valence-electron chi connectivity index (χ1n) is 1.79. The van der Waals surface area contributed by atoms with E-state index in [9.17, 15) is 0 Å². The van der Waals surface area contributed by atoms with Crippen LogP contribution in [0.25, 0.3) is 0 Å². The molecule has 0 saturated heterocycles. The van der Waals surface area contributed by atoms with Crippen LogP contribution in [-0.4, -0.2) is 48.9 Å². The van der Waals surface area contributed by atoms with Gasteiger partial charge in [-0.25, -0.2) is 0 Å². The Hall–Kier alpha value is 0.528. The smallest absolute Gasteiger partial charge is 0.0319 e. The molecule has 0 unspecified atom stereocenters. The van der Waals surface area contributed by atoms with Crippen molar-refractivity contribution in [1.29, 1.82) is 0 Å². The average molecular weight is 224 g/mol. The molecule has 0 atom stereocenters. The van der Waals surface area contributed by atoms with Crippen molar-refractivity contribution in [3.8, 4) is 0 Å². The van der Waals surface area contributed by atoms with E-state index < -0.39 is 0 Å². The van der Waals surface area contributed by atoms with Crippen LogP contribution in [0.2, 0.25) is 0 Å². The molecule has 0 fully saturated rings. The Kier molecular flexibility index (Phi) is 6500. The van der Waals surface area contributed by atoms with Gasteiger partial charge in [0.15, 0.2) is 0 Å². The first kappa shape index (κ1) is 33.8. The van der Waals surface area contributed by atoms with Gasteiger partial charge in [-0.1, -0.05) is 0 Å². The van der Waals surface area contributed by atoms with E-state index in [1.165, 1.54) is 0 Å². The van der Waals surface area contributed by atoms with Crippen molar-refractivity contribution in [2.24, 2.45) is 0 Å². The first-order chi connectivity index (χ1) is 4.00. The average Bonchev–Trinajstić information content (AvgIpc) is 2.03. The van der Waals surface area contributed by atoms with Crippen LogP contribution in [-0.2, 0) is 21.1 Å². The van der Waals surface area contributed by atoms with Gasteiger partial charge in [0.05, 0.1) is 0 Å². The van der Waals surface area contributed by atoms with Gasteiger partial charge in [-0.3, -0.25) is 0 Å². The summed E-state index contributed by atoms with van der Waals surface area (Å²) in [4.78, 5) is 0. The minimum absolute atomic E-state index is 0. The Labute approximate surface area is 70.4 Å². The Morgan fingerprint density at radius 2 is 0.444 bits per heavy atom. The van der Waals surface area contributed by atoms with Crippen molar-refractivity contribution < 1.29 is 41.5 Å². The standard InChI is InChI=1S/4CH4O.Mo/c4*1-2;/h4*2H,1H3;. The fourth-order valence-electron chi connectivity index (χ4n) is 0. The van der Waals surface area contributed by atoms with Crippen molar-refractivity contribution in [2.75, 3.05) is 28.4 Å². The zero-order valence-corrected chi connectivity index (χ0v) is 8.20. The van der Waals surface area contributed by atoms with E-state index in [0.29, 0.717) is 0 Å². The molecule has 4 nitrogen and oxygen atoms in total. The molecule has 0 aromatic rings. The summed E-state index contributed by atoms with van der Waals surface area (Å²) in [6.45, 7) is 0. The molecule has 0 aliphatic rings. The normalized spacial score (nSPS) is 2.67. The maximum Gasteiger partial charge on any atom is 0.0319 e. The Morgan fingerprint density at radius 1 is 0.444 bits per heavy atom. The predicted molar refractivity (Wildman–Crippen MR) is 32.6 cm³/mol. The molecule has 0 aromatic heterocycles. The van der Waals surface area contributed by atoms with Gasteiger partial charge < -0.3 is 20.4 Å². The Bertz CT molecular complexity index is 12.5. The van der Waals surface area contributed by atoms with Gasteiger partial charge in [-0.2, -0.15) is 0 Å². The molecule has 0 spiro atoms. The zero-order chi connectivity index (χ0) is 8.00. The Morgan fingerprint density at radius 3 is 0.444 bits per heavy atom. The van der Waals surface area contributed by atoms with E-state index in [1.807, 2.05) is 0 Å². The molecular weight excluding hydrogens is 208 g/mol. The summed E-state index contributed by atoms with van der Waals surface area (Å²) in [5, 5.41) is 28.0. The van der Waals surface area contributed by atoms with Gasteiger partial charge in [-0.15, -0.1) is 0 Å². The molecule has 5 heteroatoms. The minimum atomic E-state index is 0. The second-order valence-electron chi connectivity index (χ2n) is 0. The number of aliphatic hydroxyl groups excluding tert-OH is 4. The van der Waals surface area contributed by atoms with Gasteiger partial charge in [0.2, 0.25) is 0 Å². The summed E-state index contributed by atoms with van der Waals surface area (Å²) in [5.41, 5.74) is 0. The van der Waals surface area contributed by atoms with E-state index in [4.69, 9.17) is 20.4 Å². The first-order valence-corrected chi connectivity index (χ1v) is 1.79. The van der Waals surface area contributed by atoms with Crippen LogP contribution < -0.4 is 0 Å². The van der Waals surface area contributed by atoms with Crippen LogP contribution in [0, 0.1) is 0 Å². The van der Waals surface area contributed by atoms with E-state index >= 15 is 0 Å². The third-order valence-corrected chi connectivity index (χ3v) is 0. The molecule has 4 N–H and O–H groups in total. The molecule has 62 valence electrons. The summed E-state index contributed by atoms with van der Waals surface area (Å²) >= 11 is 0. The SMILES string of the molecule is CO.CO.CO.CO.[Mo]. The molecule has 0 aliphatic heterocycles. The molecule has 0 bridgehead atoms. The van der Waals surface area contributed by atoms with E-state index in [-0.39, 0.29) is 21.1 Å². The van der Waals surface area contributed by atoms with Gasteiger partial charge in [0, 0.05) is 49.5 Å². The number of hydrogen-bond acceptors (Lipinski definition) is 4. The fourth-order valence-corrected chi connectivity index (χ4v) is 0. The summed E-state index contributed by atoms with van der Waals surface area (Å²) in [7, 11) is 4.00. The van der Waals surface area contributed by atoms with Gasteiger partial charge >= 0.3 is 0 Å². The van der Waals surface area contributed by atoms with Crippen LogP contribution in [0.4, 0.5) is 0 Å². The number of aliphatic hydroxyl groups is 4. The van der Waals surface area contributed by atoms with E-state index in [0.717, 1.165) is 28.4 Å². The maximum atomic E-state index is 7.00. The van der Waals surface area contributed by atoms with Crippen LogP contribution in [0.5, 0.6) is 0 Å². The van der Waals surface area contributed by atoms with Crippen LogP contribution in [0.3, 0.4) is 0 Å². The van der Waals surface area contributed by atoms with E-state index in [2.05, 4.69) is 0 Å². The van der Waals surface area contributed by atoms with Gasteiger partial charge in [-0.05, 0) is 0 Å². The Balaban J connectivity index is -0.00000000762. The largest absolute Gasteiger partial charge is 0.400 e. The molecule has 0 aromatic carbocycles. The van der Waals surface area contributed by atoms with E-state index in [1.54, 1.807) is 0 Å². The third kappa shape index (κ3) is 1300. The molecule has 0 radical (unpaired) electrons. The van der Waals surface area contributed by atoms with Crippen molar-refractivity contribution >= 4 is 0 Å². The second kappa shape index (κ2) is 1730. The summed E-state index contributed by atoms with van der Waals surface area (Å²) in [6, 6.07) is 0. The van der Waals surface area contributed by atoms with Crippen LogP contribution in [0.15, 0.2) is 0 Å². The topological polar surface area (TPSA) is 80.9 Å². The minimum Gasteiger partial charge on any atom is -0.400 e. The fraction of sp³-hybridized carbons (Fsp3) is 1.00. The summed E-state index contributed by atoms with van der Waals surface area (Å²) < 4.78 is 0.